The van der Waals surface area contributed by atoms with E-state index in [4.69, 9.17) is 4.99 Å². The van der Waals surface area contributed by atoms with E-state index in [0.29, 0.717) is 5.41 Å². The molecule has 2 N–H and O–H groups in total. The van der Waals surface area contributed by atoms with Crippen molar-refractivity contribution in [2.45, 2.75) is 59.3 Å². The highest BCUT2D eigenvalue weighted by atomic mass is 127. The maximum atomic E-state index is 4.80. The van der Waals surface area contributed by atoms with E-state index in [0.717, 1.165) is 38.4 Å². The van der Waals surface area contributed by atoms with E-state index in [9.17, 15) is 0 Å². The van der Waals surface area contributed by atoms with Gasteiger partial charge in [0.15, 0.2) is 5.96 Å². The molecule has 0 bridgehead atoms. The van der Waals surface area contributed by atoms with Gasteiger partial charge in [0, 0.05) is 37.1 Å². The Bertz CT molecular complexity index is 481. The van der Waals surface area contributed by atoms with Crippen LogP contribution in [-0.2, 0) is 12.8 Å². The third-order valence-corrected chi connectivity index (χ3v) is 5.56. The second-order valence-electron chi connectivity index (χ2n) is 6.46. The monoisotopic (exact) mass is 450 g/mol. The van der Waals surface area contributed by atoms with E-state index in [-0.39, 0.29) is 24.0 Å². The van der Waals surface area contributed by atoms with Crippen molar-refractivity contribution in [2.75, 3.05) is 19.6 Å². The molecule has 0 amide bonds. The van der Waals surface area contributed by atoms with Crippen LogP contribution in [0.1, 0.15) is 56.3 Å². The fourth-order valence-electron chi connectivity index (χ4n) is 2.91. The fraction of sp³-hybridized carbons (Fsp3) is 0.765. The first-order valence-corrected chi connectivity index (χ1v) is 9.42. The Morgan fingerprint density at radius 2 is 2.04 bits per heavy atom. The SMILES string of the molecule is CCNC(=NCC1(C)CCCC1)NCCc1ncc(CC)s1.I. The lowest BCUT2D eigenvalue weighted by Gasteiger charge is -2.21. The van der Waals surface area contributed by atoms with Crippen LogP contribution in [0.25, 0.3) is 0 Å². The lowest BCUT2D eigenvalue weighted by Crippen LogP contribution is -2.39. The van der Waals surface area contributed by atoms with Gasteiger partial charge < -0.3 is 10.6 Å². The van der Waals surface area contributed by atoms with Gasteiger partial charge in [0.1, 0.15) is 0 Å². The predicted molar refractivity (Wildman–Crippen MR) is 111 cm³/mol. The molecule has 1 saturated carbocycles. The Morgan fingerprint density at radius 3 is 2.65 bits per heavy atom. The summed E-state index contributed by atoms with van der Waals surface area (Å²) in [5.41, 5.74) is 0.410. The highest BCUT2D eigenvalue weighted by Crippen LogP contribution is 2.37. The summed E-state index contributed by atoms with van der Waals surface area (Å²) in [6.07, 6.45) is 9.39. The van der Waals surface area contributed by atoms with Gasteiger partial charge in [0.25, 0.3) is 0 Å². The van der Waals surface area contributed by atoms with Gasteiger partial charge in [-0.15, -0.1) is 35.3 Å². The minimum atomic E-state index is 0. The largest absolute Gasteiger partial charge is 0.357 e. The number of nitrogens with zero attached hydrogens (tertiary/aromatic N) is 2. The van der Waals surface area contributed by atoms with Gasteiger partial charge >= 0.3 is 0 Å². The van der Waals surface area contributed by atoms with Gasteiger partial charge in [-0.05, 0) is 31.6 Å². The summed E-state index contributed by atoms with van der Waals surface area (Å²) in [4.78, 5) is 10.6. The summed E-state index contributed by atoms with van der Waals surface area (Å²) in [5, 5.41) is 8.00. The van der Waals surface area contributed by atoms with Crippen LogP contribution in [0.2, 0.25) is 0 Å². The molecule has 1 aromatic heterocycles. The topological polar surface area (TPSA) is 49.3 Å². The Hall–Kier alpha value is -0.370. The number of thiazole rings is 1. The van der Waals surface area contributed by atoms with Crippen molar-refractivity contribution in [1.29, 1.82) is 0 Å². The van der Waals surface area contributed by atoms with Crippen molar-refractivity contribution in [2.24, 2.45) is 10.4 Å². The van der Waals surface area contributed by atoms with Crippen LogP contribution in [0.3, 0.4) is 0 Å². The minimum Gasteiger partial charge on any atom is -0.357 e. The zero-order chi connectivity index (χ0) is 15.8. The molecule has 132 valence electrons. The molecule has 1 aromatic rings. The summed E-state index contributed by atoms with van der Waals surface area (Å²) in [7, 11) is 0. The van der Waals surface area contributed by atoms with Gasteiger partial charge in [-0.2, -0.15) is 0 Å². The van der Waals surface area contributed by atoms with Crippen LogP contribution < -0.4 is 10.6 Å². The van der Waals surface area contributed by atoms with Crippen molar-refractivity contribution in [3.05, 3.63) is 16.1 Å². The van der Waals surface area contributed by atoms with E-state index in [1.807, 2.05) is 17.5 Å². The van der Waals surface area contributed by atoms with Gasteiger partial charge in [0.2, 0.25) is 0 Å². The normalized spacial score (nSPS) is 16.9. The number of aliphatic imine (C=N–C) groups is 1. The van der Waals surface area contributed by atoms with Crippen LogP contribution in [0, 0.1) is 5.41 Å². The van der Waals surface area contributed by atoms with E-state index in [1.165, 1.54) is 35.6 Å². The number of hydrogen-bond donors (Lipinski definition) is 2. The van der Waals surface area contributed by atoms with Crippen LogP contribution in [0.5, 0.6) is 0 Å². The number of guanidine groups is 1. The average molecular weight is 450 g/mol. The zero-order valence-corrected chi connectivity index (χ0v) is 17.8. The molecule has 1 fully saturated rings. The standard InChI is InChI=1S/C17H30N4S.HI/c1-4-14-12-20-15(22-14)8-11-19-16(18-5-2)21-13-17(3)9-6-7-10-17;/h12H,4-11,13H2,1-3H3,(H2,18,19,21);1H. The second-order valence-corrected chi connectivity index (χ2v) is 7.66. The predicted octanol–water partition coefficient (Wildman–Crippen LogP) is 4.00. The van der Waals surface area contributed by atoms with Crippen LogP contribution in [0.15, 0.2) is 11.2 Å². The molecule has 1 heterocycles. The Kier molecular flexibility index (Phi) is 9.43. The molecule has 1 aliphatic carbocycles. The second kappa shape index (κ2) is 10.5. The fourth-order valence-corrected chi connectivity index (χ4v) is 3.78. The molecule has 4 nitrogen and oxygen atoms in total. The third-order valence-electron chi connectivity index (χ3n) is 4.35. The molecule has 0 aliphatic heterocycles. The van der Waals surface area contributed by atoms with Crippen LogP contribution in [-0.4, -0.2) is 30.6 Å². The number of rotatable bonds is 7. The van der Waals surface area contributed by atoms with Crippen LogP contribution in [0.4, 0.5) is 0 Å². The van der Waals surface area contributed by atoms with Gasteiger partial charge in [-0.3, -0.25) is 4.99 Å². The molecule has 0 atom stereocenters. The lowest BCUT2D eigenvalue weighted by atomic mass is 9.89. The third kappa shape index (κ3) is 6.95. The molecular weight excluding hydrogens is 419 g/mol. The number of nitrogens with one attached hydrogen (secondary N) is 2. The van der Waals surface area contributed by atoms with E-state index < -0.39 is 0 Å². The lowest BCUT2D eigenvalue weighted by molar-refractivity contribution is 0.350. The highest BCUT2D eigenvalue weighted by molar-refractivity contribution is 14.0. The summed E-state index contributed by atoms with van der Waals surface area (Å²) in [5.74, 6) is 0.947. The summed E-state index contributed by atoms with van der Waals surface area (Å²) in [6, 6.07) is 0. The molecule has 0 spiro atoms. The molecular formula is C17H31IN4S. The Morgan fingerprint density at radius 1 is 1.30 bits per heavy atom. The number of hydrogen-bond acceptors (Lipinski definition) is 3. The van der Waals surface area contributed by atoms with E-state index >= 15 is 0 Å². The molecule has 0 unspecified atom stereocenters. The molecule has 1 aliphatic rings. The molecule has 0 radical (unpaired) electrons. The molecule has 2 rings (SSSR count). The van der Waals surface area contributed by atoms with Crippen molar-refractivity contribution >= 4 is 41.3 Å². The highest BCUT2D eigenvalue weighted by Gasteiger charge is 2.28. The maximum absolute atomic E-state index is 4.80. The molecule has 6 heteroatoms. The number of aryl methyl sites for hydroxylation is 1. The minimum absolute atomic E-state index is 0. The van der Waals surface area contributed by atoms with Gasteiger partial charge in [-0.1, -0.05) is 26.7 Å². The number of aromatic nitrogens is 1. The van der Waals surface area contributed by atoms with Crippen LogP contribution >= 0.6 is 35.3 Å². The molecule has 23 heavy (non-hydrogen) atoms. The smallest absolute Gasteiger partial charge is 0.191 e. The number of halogens is 1. The van der Waals surface area contributed by atoms with Gasteiger partial charge in [-0.25, -0.2) is 4.98 Å². The van der Waals surface area contributed by atoms with E-state index in [2.05, 4.69) is 36.4 Å². The van der Waals surface area contributed by atoms with Crippen molar-refractivity contribution < 1.29 is 0 Å². The van der Waals surface area contributed by atoms with Gasteiger partial charge in [0.05, 0.1) is 5.01 Å². The Balaban J connectivity index is 0.00000264. The summed E-state index contributed by atoms with van der Waals surface area (Å²) >= 11 is 1.82. The summed E-state index contributed by atoms with van der Waals surface area (Å²) in [6.45, 7) is 9.38. The Labute approximate surface area is 162 Å². The first-order valence-electron chi connectivity index (χ1n) is 8.61. The summed E-state index contributed by atoms with van der Waals surface area (Å²) < 4.78 is 0. The first kappa shape index (κ1) is 20.7. The van der Waals surface area contributed by atoms with Crippen molar-refractivity contribution in [1.82, 2.24) is 15.6 Å². The quantitative estimate of drug-likeness (QED) is 0.375. The van der Waals surface area contributed by atoms with Crippen molar-refractivity contribution in [3.8, 4) is 0 Å². The average Bonchev–Trinajstić information content (AvgIpc) is 3.14. The zero-order valence-electron chi connectivity index (χ0n) is 14.7. The molecule has 0 saturated heterocycles. The first-order chi connectivity index (χ1) is 10.6. The van der Waals surface area contributed by atoms with E-state index in [1.54, 1.807) is 0 Å². The molecule has 0 aromatic carbocycles. The van der Waals surface area contributed by atoms with Crippen molar-refractivity contribution in [3.63, 3.8) is 0 Å². The maximum Gasteiger partial charge on any atom is 0.191 e.